The Morgan fingerprint density at radius 1 is 1.19 bits per heavy atom. The third kappa shape index (κ3) is 4.17. The molecule has 32 heavy (non-hydrogen) atoms. The van der Waals surface area contributed by atoms with Gasteiger partial charge in [-0.15, -0.1) is 0 Å². The number of aryl methyl sites for hydroxylation is 1. The number of halogens is 1. The molecule has 0 aliphatic carbocycles. The van der Waals surface area contributed by atoms with Crippen molar-refractivity contribution < 1.29 is 14.3 Å². The number of allylic oxidation sites excluding steroid dienone is 1. The second kappa shape index (κ2) is 9.04. The fraction of sp³-hybridized carbons (Fsp3) is 0.423. The van der Waals surface area contributed by atoms with Crippen LogP contribution in [0.2, 0.25) is 0 Å². The second-order valence-electron chi connectivity index (χ2n) is 8.93. The highest BCUT2D eigenvalue weighted by molar-refractivity contribution is 6.06. The molecule has 0 radical (unpaired) electrons. The molecule has 0 bridgehead atoms. The van der Waals surface area contributed by atoms with Crippen LogP contribution < -0.4 is 9.80 Å². The number of anilines is 2. The zero-order chi connectivity index (χ0) is 23.0. The lowest BCUT2D eigenvalue weighted by Gasteiger charge is -2.38. The first-order chi connectivity index (χ1) is 15.3. The normalized spacial score (nSPS) is 19.5. The molecule has 2 aromatic carbocycles. The first-order valence-corrected chi connectivity index (χ1v) is 11.3. The van der Waals surface area contributed by atoms with E-state index in [0.717, 1.165) is 42.8 Å². The molecule has 0 spiro atoms. The maximum atomic E-state index is 14.1. The molecule has 1 unspecified atom stereocenters. The Bertz CT molecular complexity index is 1040. The van der Waals surface area contributed by atoms with Crippen molar-refractivity contribution in [3.8, 4) is 0 Å². The van der Waals surface area contributed by atoms with E-state index in [9.17, 15) is 14.3 Å². The summed E-state index contributed by atoms with van der Waals surface area (Å²) >= 11 is 0. The Balaban J connectivity index is 1.69. The number of hydrogen-bond acceptors (Lipinski definition) is 4. The van der Waals surface area contributed by atoms with Gasteiger partial charge in [-0.3, -0.25) is 4.79 Å². The highest BCUT2D eigenvalue weighted by atomic mass is 19.1. The van der Waals surface area contributed by atoms with Crippen LogP contribution in [-0.4, -0.2) is 55.9 Å². The predicted molar refractivity (Wildman–Crippen MR) is 128 cm³/mol. The summed E-state index contributed by atoms with van der Waals surface area (Å²) in [5.74, 6) is -0.159. The maximum Gasteiger partial charge on any atom is 0.258 e. The highest BCUT2D eigenvalue weighted by Crippen LogP contribution is 2.41. The van der Waals surface area contributed by atoms with Crippen molar-refractivity contribution in [2.45, 2.75) is 32.9 Å². The zero-order valence-corrected chi connectivity index (χ0v) is 19.3. The summed E-state index contributed by atoms with van der Waals surface area (Å²) in [6.07, 6.45) is 3.35. The van der Waals surface area contributed by atoms with E-state index in [1.807, 2.05) is 30.0 Å². The van der Waals surface area contributed by atoms with Crippen LogP contribution in [-0.2, 0) is 0 Å². The average molecular weight is 438 g/mol. The van der Waals surface area contributed by atoms with Gasteiger partial charge in [-0.05, 0) is 100 Å². The van der Waals surface area contributed by atoms with Gasteiger partial charge < -0.3 is 19.8 Å². The fourth-order valence-corrected chi connectivity index (χ4v) is 4.77. The number of aliphatic hydroxyl groups excluding tert-OH is 1. The molecule has 0 aromatic heterocycles. The van der Waals surface area contributed by atoms with E-state index in [-0.39, 0.29) is 11.7 Å². The summed E-state index contributed by atoms with van der Waals surface area (Å²) in [4.78, 5) is 19.0. The third-order valence-electron chi connectivity index (χ3n) is 6.86. The molecule has 2 heterocycles. The van der Waals surface area contributed by atoms with Crippen molar-refractivity contribution in [2.24, 2.45) is 5.92 Å². The number of fused-ring (bicyclic) bond motifs is 1. The summed E-state index contributed by atoms with van der Waals surface area (Å²) in [6, 6.07) is 10.5. The Labute approximate surface area is 189 Å². The van der Waals surface area contributed by atoms with Crippen LogP contribution in [0, 0.1) is 18.7 Å². The lowest BCUT2D eigenvalue weighted by atomic mass is 9.82. The van der Waals surface area contributed by atoms with Gasteiger partial charge in [0.15, 0.2) is 0 Å². The summed E-state index contributed by atoms with van der Waals surface area (Å²) in [6.45, 7) is 6.42. The second-order valence-corrected chi connectivity index (χ2v) is 8.93. The van der Waals surface area contributed by atoms with Crippen molar-refractivity contribution in [3.05, 3.63) is 65.0 Å². The molecule has 1 amide bonds. The van der Waals surface area contributed by atoms with E-state index in [1.54, 1.807) is 32.2 Å². The Morgan fingerprint density at radius 3 is 2.56 bits per heavy atom. The molecule has 4 rings (SSSR count). The number of nitrogens with zero attached hydrogens (tertiary/aromatic N) is 3. The molecule has 6 heteroatoms. The van der Waals surface area contributed by atoms with Gasteiger partial charge in [-0.2, -0.15) is 0 Å². The Hall–Kier alpha value is -2.70. The highest BCUT2D eigenvalue weighted by Gasteiger charge is 2.31. The molecular formula is C26H32FN3O2. The summed E-state index contributed by atoms with van der Waals surface area (Å²) in [5, 5.41) is 10.8. The van der Waals surface area contributed by atoms with E-state index >= 15 is 0 Å². The van der Waals surface area contributed by atoms with Gasteiger partial charge in [-0.1, -0.05) is 6.07 Å². The van der Waals surface area contributed by atoms with E-state index in [4.69, 9.17) is 0 Å². The lowest BCUT2D eigenvalue weighted by Crippen LogP contribution is -2.38. The van der Waals surface area contributed by atoms with E-state index in [2.05, 4.69) is 11.9 Å². The van der Waals surface area contributed by atoms with E-state index < -0.39 is 6.23 Å². The average Bonchev–Trinajstić information content (AvgIpc) is 2.79. The molecule has 5 nitrogen and oxygen atoms in total. The van der Waals surface area contributed by atoms with Crippen LogP contribution in [0.3, 0.4) is 0 Å². The molecular weight excluding hydrogens is 405 g/mol. The maximum absolute atomic E-state index is 14.1. The Kier molecular flexibility index (Phi) is 6.35. The first kappa shape index (κ1) is 22.5. The molecule has 1 fully saturated rings. The molecule has 2 aliphatic heterocycles. The van der Waals surface area contributed by atoms with E-state index in [1.165, 1.54) is 11.0 Å². The Morgan fingerprint density at radius 2 is 1.91 bits per heavy atom. The largest absolute Gasteiger partial charge is 0.370 e. The molecule has 2 aliphatic rings. The van der Waals surface area contributed by atoms with Crippen molar-refractivity contribution in [2.75, 3.05) is 43.5 Å². The minimum Gasteiger partial charge on any atom is -0.370 e. The summed E-state index contributed by atoms with van der Waals surface area (Å²) in [7, 11) is 3.80. The minimum absolute atomic E-state index is 0.187. The van der Waals surface area contributed by atoms with Gasteiger partial charge in [0.25, 0.3) is 5.91 Å². The van der Waals surface area contributed by atoms with Crippen molar-refractivity contribution in [1.82, 2.24) is 4.90 Å². The van der Waals surface area contributed by atoms with Gasteiger partial charge in [-0.25, -0.2) is 4.39 Å². The summed E-state index contributed by atoms with van der Waals surface area (Å²) in [5.41, 5.74) is 4.72. The monoisotopic (exact) mass is 437 g/mol. The number of benzene rings is 2. The minimum atomic E-state index is -0.665. The number of carbonyl (C=O) groups is 1. The number of likely N-dealkylation sites (N-methyl/N-ethyl adjacent to an activating group) is 1. The van der Waals surface area contributed by atoms with Crippen LogP contribution >= 0.6 is 0 Å². The lowest BCUT2D eigenvalue weighted by molar-refractivity contribution is 0.0993. The van der Waals surface area contributed by atoms with Gasteiger partial charge in [0.2, 0.25) is 0 Å². The number of hydrogen-bond donors (Lipinski definition) is 1. The van der Waals surface area contributed by atoms with Crippen LogP contribution in [0.5, 0.6) is 0 Å². The van der Waals surface area contributed by atoms with Gasteiger partial charge in [0.05, 0.1) is 0 Å². The van der Waals surface area contributed by atoms with Crippen LogP contribution in [0.25, 0.3) is 5.57 Å². The predicted octanol–water partition coefficient (Wildman–Crippen LogP) is 4.29. The van der Waals surface area contributed by atoms with Crippen LogP contribution in [0.1, 0.15) is 41.3 Å². The first-order valence-electron chi connectivity index (χ1n) is 11.3. The van der Waals surface area contributed by atoms with Crippen molar-refractivity contribution >= 4 is 22.9 Å². The molecule has 2 aromatic rings. The molecule has 1 saturated heterocycles. The number of rotatable bonds is 4. The van der Waals surface area contributed by atoms with Gasteiger partial charge in [0.1, 0.15) is 12.0 Å². The third-order valence-corrected chi connectivity index (χ3v) is 6.86. The number of carbonyl (C=O) groups excluding carboxylic acids is 1. The SMILES string of the molecule is CCN1c2ccc(C(=O)N(C)c3ccc(C)c(F)c3)cc2C(C2CCN(C)CC2)=CC1O. The van der Waals surface area contributed by atoms with Crippen molar-refractivity contribution in [3.63, 3.8) is 0 Å². The zero-order valence-electron chi connectivity index (χ0n) is 19.3. The topological polar surface area (TPSA) is 47.0 Å². The van der Waals surface area contributed by atoms with Crippen molar-refractivity contribution in [1.29, 1.82) is 0 Å². The molecule has 1 atom stereocenters. The van der Waals surface area contributed by atoms with Gasteiger partial charge in [0, 0.05) is 36.1 Å². The summed E-state index contributed by atoms with van der Waals surface area (Å²) < 4.78 is 14.1. The standard InChI is InChI=1S/C26H32FN3O2/c1-5-30-24-9-7-19(26(32)29(4)20-8-6-17(2)23(27)15-20)14-22(24)21(16-25(30)31)18-10-12-28(3)13-11-18/h6-9,14-16,18,25,31H,5,10-13H2,1-4H3. The van der Waals surface area contributed by atoms with E-state index in [0.29, 0.717) is 29.3 Å². The fourth-order valence-electron chi connectivity index (χ4n) is 4.77. The molecule has 1 N–H and O–H groups in total. The smallest absolute Gasteiger partial charge is 0.258 e. The molecule has 0 saturated carbocycles. The van der Waals surface area contributed by atoms with Crippen LogP contribution in [0.15, 0.2) is 42.5 Å². The van der Waals surface area contributed by atoms with Crippen LogP contribution in [0.4, 0.5) is 15.8 Å². The number of piperidine rings is 1. The number of likely N-dealkylation sites (tertiary alicyclic amines) is 1. The van der Waals surface area contributed by atoms with Gasteiger partial charge >= 0.3 is 0 Å². The number of aliphatic hydroxyl groups is 1. The quantitative estimate of drug-likeness (QED) is 0.775. The molecule has 170 valence electrons. The number of amides is 1.